The fraction of sp³-hybridized carbons (Fsp3) is 0.269. The van der Waals surface area contributed by atoms with Crippen LogP contribution in [0.5, 0.6) is 11.5 Å². The van der Waals surface area contributed by atoms with E-state index in [0.717, 1.165) is 0 Å². The van der Waals surface area contributed by atoms with Crippen LogP contribution in [0.25, 0.3) is 0 Å². The molecule has 0 aliphatic heterocycles. The van der Waals surface area contributed by atoms with Crippen LogP contribution in [-0.2, 0) is 5.67 Å². The molecule has 0 saturated carbocycles. The Balaban J connectivity index is 2.11. The molecule has 2 amide bonds. The monoisotopic (exact) mass is 703 g/mol. The topological polar surface area (TPSA) is 80.8 Å². The average molecular weight is 705 g/mol. The average Bonchev–Trinajstić information content (AvgIpc) is 2.93. The number of para-hydroxylation sites is 1. The van der Waals surface area contributed by atoms with Gasteiger partial charge in [-0.25, -0.2) is 4.39 Å². The highest BCUT2D eigenvalue weighted by Gasteiger charge is 2.72. The van der Waals surface area contributed by atoms with Crippen LogP contribution < -0.4 is 19.7 Å². The van der Waals surface area contributed by atoms with Gasteiger partial charge in [0.25, 0.3) is 11.8 Å². The van der Waals surface area contributed by atoms with E-state index in [9.17, 15) is 44.7 Å². The smallest absolute Gasteiger partial charge is 0.434 e. The summed E-state index contributed by atoms with van der Waals surface area (Å²) in [6.45, 7) is -2.02. The van der Waals surface area contributed by atoms with E-state index < -0.39 is 57.1 Å². The second-order valence-electron chi connectivity index (χ2n) is 8.46. The number of halogens is 10. The zero-order valence-electron chi connectivity index (χ0n) is 21.8. The van der Waals surface area contributed by atoms with Crippen molar-refractivity contribution in [3.05, 3.63) is 76.0 Å². The molecule has 17 heteroatoms. The minimum absolute atomic E-state index is 0.0871. The zero-order valence-corrected chi connectivity index (χ0v) is 24.1. The summed E-state index contributed by atoms with van der Waals surface area (Å²) in [5.41, 5.74) is -8.15. The van der Waals surface area contributed by atoms with Crippen LogP contribution in [0.1, 0.15) is 33.2 Å². The molecule has 2 aromatic carbocycles. The largest absolute Gasteiger partial charge is 0.494 e. The summed E-state index contributed by atoms with van der Waals surface area (Å²) in [6.07, 6.45) is -3.53. The second-order valence-corrected chi connectivity index (χ2v) is 9.79. The summed E-state index contributed by atoms with van der Waals surface area (Å²) in [5.74, 6) is -3.10. The lowest BCUT2D eigenvalue weighted by molar-refractivity contribution is -0.286. The number of amides is 2. The van der Waals surface area contributed by atoms with Gasteiger partial charge in [0, 0.05) is 34.5 Å². The molecule has 3 aromatic rings. The predicted octanol–water partition coefficient (Wildman–Crippen LogP) is 7.93. The van der Waals surface area contributed by atoms with E-state index in [1.165, 1.54) is 54.7 Å². The molecule has 0 bridgehead atoms. The number of ether oxygens (including phenoxy) is 2. The fourth-order valence-corrected chi connectivity index (χ4v) is 4.72. The minimum Gasteiger partial charge on any atom is -0.494 e. The van der Waals surface area contributed by atoms with Crippen molar-refractivity contribution in [2.24, 2.45) is 0 Å². The second kappa shape index (κ2) is 12.9. The summed E-state index contributed by atoms with van der Waals surface area (Å²) in [5, 5.41) is -3.46. The number of hydrogen-bond acceptors (Lipinski definition) is 5. The predicted molar refractivity (Wildman–Crippen MR) is 143 cm³/mol. The first-order chi connectivity index (χ1) is 20.0. The number of benzene rings is 2. The first-order valence-corrected chi connectivity index (χ1v) is 13.0. The summed E-state index contributed by atoms with van der Waals surface area (Å²) < 4.78 is 118. The summed E-state index contributed by atoms with van der Waals surface area (Å²) in [7, 11) is 1.17. The zero-order chi connectivity index (χ0) is 32.3. The van der Waals surface area contributed by atoms with Crippen molar-refractivity contribution < 1.29 is 54.2 Å². The van der Waals surface area contributed by atoms with Crippen LogP contribution in [0.2, 0.25) is 0 Å². The number of nitrogens with zero attached hydrogens (tertiary/aromatic N) is 2. The normalized spacial score (nSPS) is 13.3. The van der Waals surface area contributed by atoms with Gasteiger partial charge >= 0.3 is 23.8 Å². The number of alkyl halides is 9. The van der Waals surface area contributed by atoms with Crippen LogP contribution >= 0.6 is 27.5 Å². The van der Waals surface area contributed by atoms with Crippen LogP contribution in [-0.4, -0.2) is 48.6 Å². The summed E-state index contributed by atoms with van der Waals surface area (Å²) in [6, 6.07) is 7.00. The van der Waals surface area contributed by atoms with Crippen molar-refractivity contribution >= 4 is 50.7 Å². The van der Waals surface area contributed by atoms with Crippen LogP contribution in [0.4, 0.5) is 46.5 Å². The van der Waals surface area contributed by atoms with Gasteiger partial charge in [-0.15, -0.1) is 0 Å². The van der Waals surface area contributed by atoms with Crippen LogP contribution in [0.3, 0.4) is 0 Å². The van der Waals surface area contributed by atoms with Gasteiger partial charge in [0.15, 0.2) is 11.5 Å². The Morgan fingerprint density at radius 3 is 2.21 bits per heavy atom. The number of carbonyl (C=O) groups excluding carboxylic acids is 2. The molecule has 0 aliphatic rings. The van der Waals surface area contributed by atoms with Gasteiger partial charge < -0.3 is 19.7 Å². The summed E-state index contributed by atoms with van der Waals surface area (Å²) in [4.78, 5) is 31.6. The van der Waals surface area contributed by atoms with Gasteiger partial charge in [-0.1, -0.05) is 6.07 Å². The lowest BCUT2D eigenvalue weighted by Crippen LogP contribution is -2.49. The van der Waals surface area contributed by atoms with E-state index in [-0.39, 0.29) is 41.2 Å². The molecule has 232 valence electrons. The summed E-state index contributed by atoms with van der Waals surface area (Å²) >= 11 is 7.17. The third kappa shape index (κ3) is 6.79. The fourth-order valence-electron chi connectivity index (χ4n) is 3.96. The van der Waals surface area contributed by atoms with E-state index in [1.807, 2.05) is 0 Å². The molecule has 3 rings (SSSR count). The van der Waals surface area contributed by atoms with Crippen molar-refractivity contribution in [1.29, 1.82) is 0 Å². The maximum atomic E-state index is 14.9. The number of rotatable bonds is 10. The number of anilines is 2. The van der Waals surface area contributed by atoms with Crippen LogP contribution in [0, 0.1) is 0 Å². The van der Waals surface area contributed by atoms with E-state index in [1.54, 1.807) is 6.92 Å². The Bertz CT molecular complexity index is 1480. The number of carbonyl (C=O) groups is 2. The Hall–Kier alpha value is -3.66. The number of aromatic nitrogens is 1. The Labute approximate surface area is 251 Å². The lowest BCUT2D eigenvalue weighted by atomic mass is 9.94. The van der Waals surface area contributed by atoms with Crippen molar-refractivity contribution in [1.82, 2.24) is 4.98 Å². The first-order valence-electron chi connectivity index (χ1n) is 11.8. The maximum absolute atomic E-state index is 14.9. The molecular weight excluding hydrogens is 686 g/mol. The number of pyridine rings is 1. The van der Waals surface area contributed by atoms with Crippen molar-refractivity contribution in [3.8, 4) is 11.5 Å². The Morgan fingerprint density at radius 2 is 1.70 bits per heavy atom. The lowest BCUT2D eigenvalue weighted by Gasteiger charge is -2.32. The molecule has 7 nitrogen and oxygen atoms in total. The van der Waals surface area contributed by atoms with E-state index in [4.69, 9.17) is 4.74 Å². The highest BCUT2D eigenvalue weighted by molar-refractivity contribution is 9.10. The molecule has 0 radical (unpaired) electrons. The van der Waals surface area contributed by atoms with Gasteiger partial charge in [0.1, 0.15) is 0 Å². The quantitative estimate of drug-likeness (QED) is 0.171. The molecular formula is C26H19BrClF8N3O4. The molecule has 0 saturated heterocycles. The van der Waals surface area contributed by atoms with Crippen LogP contribution in [0.15, 0.2) is 59.3 Å². The molecule has 0 fully saturated rings. The highest BCUT2D eigenvalue weighted by Crippen LogP contribution is 2.56. The van der Waals surface area contributed by atoms with E-state index >= 15 is 0 Å². The molecule has 0 aliphatic carbocycles. The molecule has 1 unspecified atom stereocenters. The van der Waals surface area contributed by atoms with Gasteiger partial charge in [-0.05, 0) is 70.9 Å². The standard InChI is InChI=1S/C26H19BrClF8N3O4/c1-3-39(22(41)13-7-9-37-10-8-13)17-6-4-5-15(20(17)42-2)21(40)38-19-16(27)11-14(12-18(19)43-23(29)30)24(31,25(28,32)33)26(34,35)36/h4-12,23H,3H2,1-2H3,(H,38,40). The number of hydrogen-bond donors (Lipinski definition) is 1. The number of nitrogens with one attached hydrogen (secondary N) is 1. The molecule has 0 spiro atoms. The minimum atomic E-state index is -6.31. The van der Waals surface area contributed by atoms with Gasteiger partial charge in [0.2, 0.25) is 0 Å². The van der Waals surface area contributed by atoms with Gasteiger partial charge in [0.05, 0.1) is 24.0 Å². The van der Waals surface area contributed by atoms with Crippen molar-refractivity contribution in [3.63, 3.8) is 0 Å². The Morgan fingerprint density at radius 1 is 1.07 bits per heavy atom. The Kier molecular flexibility index (Phi) is 10.2. The third-order valence-corrected chi connectivity index (χ3v) is 6.80. The van der Waals surface area contributed by atoms with Crippen molar-refractivity contribution in [2.45, 2.75) is 30.8 Å². The SMILES string of the molecule is CCN(C(=O)c1ccncc1)c1cccc(C(=O)Nc2c(Br)cc(C(F)(C(F)(F)F)C(F)(F)Cl)cc2OC(F)F)c1OC. The third-order valence-electron chi connectivity index (χ3n) is 5.91. The number of methoxy groups -OCH3 is 1. The molecule has 43 heavy (non-hydrogen) atoms. The highest BCUT2D eigenvalue weighted by atomic mass is 79.9. The molecule has 1 aromatic heterocycles. The molecule has 1 atom stereocenters. The van der Waals surface area contributed by atoms with Gasteiger partial charge in [-0.2, -0.15) is 30.7 Å². The van der Waals surface area contributed by atoms with Crippen molar-refractivity contribution in [2.75, 3.05) is 23.9 Å². The molecule has 1 N–H and O–H groups in total. The maximum Gasteiger partial charge on any atom is 0.434 e. The first kappa shape index (κ1) is 33.8. The van der Waals surface area contributed by atoms with Gasteiger partial charge in [-0.3, -0.25) is 14.6 Å². The van der Waals surface area contributed by atoms with E-state index in [2.05, 4.69) is 42.6 Å². The van der Waals surface area contributed by atoms with E-state index in [0.29, 0.717) is 0 Å². The molecule has 1 heterocycles.